The fraction of sp³-hybridized carbons (Fsp3) is 1.00. The molecule has 1 aliphatic heterocycles. The van der Waals surface area contributed by atoms with Crippen molar-refractivity contribution in [3.63, 3.8) is 0 Å². The summed E-state index contributed by atoms with van der Waals surface area (Å²) in [6, 6.07) is 0. The Bertz CT molecular complexity index is 149. The normalized spacial score (nSPS) is 23.2. The first-order chi connectivity index (χ1) is 7.33. The fourth-order valence-corrected chi connectivity index (χ4v) is 2.34. The Balaban J connectivity index is 1.84. The first kappa shape index (κ1) is 13.3. The monoisotopic (exact) mass is 233 g/mol. The number of ether oxygens (including phenoxy) is 1. The summed E-state index contributed by atoms with van der Waals surface area (Å²) in [6.45, 7) is 5.44. The summed E-state index contributed by atoms with van der Waals surface area (Å²) < 4.78 is 5.57. The molecule has 15 heavy (non-hydrogen) atoms. The smallest absolute Gasteiger partial charge is 0.0576 e. The van der Waals surface area contributed by atoms with E-state index in [0.29, 0.717) is 12.0 Å². The Hall–Kier alpha value is 0.210. The Labute approximate surface area is 98.7 Å². The van der Waals surface area contributed by atoms with Crippen molar-refractivity contribution in [1.29, 1.82) is 0 Å². The zero-order valence-electron chi connectivity index (χ0n) is 9.80. The van der Waals surface area contributed by atoms with E-state index in [4.69, 9.17) is 16.3 Å². The lowest BCUT2D eigenvalue weighted by molar-refractivity contribution is 0.102. The molecule has 0 radical (unpaired) electrons. The standard InChI is InChI=1S/C12H24ClNO/c1-11(6-7-13)10-14-8-2-4-12-5-3-9-15-12/h11-12,14H,2-10H2,1H3. The summed E-state index contributed by atoms with van der Waals surface area (Å²) in [7, 11) is 0. The van der Waals surface area contributed by atoms with Crippen LogP contribution in [0, 0.1) is 5.92 Å². The Kier molecular flexibility index (Phi) is 7.41. The number of rotatable bonds is 8. The van der Waals surface area contributed by atoms with E-state index in [9.17, 15) is 0 Å². The van der Waals surface area contributed by atoms with Crippen molar-refractivity contribution in [2.24, 2.45) is 5.92 Å². The molecule has 1 fully saturated rings. The number of alkyl halides is 1. The van der Waals surface area contributed by atoms with Crippen LogP contribution in [0.15, 0.2) is 0 Å². The van der Waals surface area contributed by atoms with Crippen molar-refractivity contribution < 1.29 is 4.74 Å². The van der Waals surface area contributed by atoms with Gasteiger partial charge in [0.1, 0.15) is 0 Å². The number of halogens is 1. The van der Waals surface area contributed by atoms with Crippen molar-refractivity contribution in [1.82, 2.24) is 5.32 Å². The minimum atomic E-state index is 0.548. The third-order valence-corrected chi connectivity index (χ3v) is 3.22. The first-order valence-corrected chi connectivity index (χ1v) is 6.74. The lowest BCUT2D eigenvalue weighted by Gasteiger charge is -2.12. The van der Waals surface area contributed by atoms with E-state index in [0.717, 1.165) is 32.0 Å². The highest BCUT2D eigenvalue weighted by Crippen LogP contribution is 2.16. The van der Waals surface area contributed by atoms with Gasteiger partial charge in [-0.05, 0) is 51.1 Å². The van der Waals surface area contributed by atoms with Crippen LogP contribution in [0.5, 0.6) is 0 Å². The molecule has 0 spiro atoms. The van der Waals surface area contributed by atoms with Crippen LogP contribution in [0.25, 0.3) is 0 Å². The quantitative estimate of drug-likeness (QED) is 0.514. The molecule has 0 saturated carbocycles. The maximum atomic E-state index is 5.68. The van der Waals surface area contributed by atoms with Gasteiger partial charge < -0.3 is 10.1 Å². The molecule has 0 aromatic heterocycles. The van der Waals surface area contributed by atoms with Crippen molar-refractivity contribution in [2.75, 3.05) is 25.6 Å². The van der Waals surface area contributed by atoms with Gasteiger partial charge >= 0.3 is 0 Å². The number of nitrogens with one attached hydrogen (secondary N) is 1. The summed E-state index contributed by atoms with van der Waals surface area (Å²) in [5.74, 6) is 1.48. The van der Waals surface area contributed by atoms with Gasteiger partial charge in [0.15, 0.2) is 0 Å². The van der Waals surface area contributed by atoms with Gasteiger partial charge in [-0.2, -0.15) is 0 Å². The maximum absolute atomic E-state index is 5.68. The van der Waals surface area contributed by atoms with Crippen LogP contribution in [0.2, 0.25) is 0 Å². The van der Waals surface area contributed by atoms with Crippen LogP contribution in [0.4, 0.5) is 0 Å². The van der Waals surface area contributed by atoms with Crippen LogP contribution in [0.1, 0.15) is 39.0 Å². The Morgan fingerprint density at radius 1 is 1.53 bits per heavy atom. The van der Waals surface area contributed by atoms with Crippen LogP contribution in [-0.2, 0) is 4.74 Å². The molecule has 2 unspecified atom stereocenters. The molecule has 0 aromatic carbocycles. The van der Waals surface area contributed by atoms with Gasteiger partial charge in [-0.1, -0.05) is 6.92 Å². The van der Waals surface area contributed by atoms with Crippen LogP contribution < -0.4 is 5.32 Å². The van der Waals surface area contributed by atoms with Crippen LogP contribution >= 0.6 is 11.6 Å². The molecule has 1 saturated heterocycles. The summed E-state index contributed by atoms with van der Waals surface area (Å²) in [6.07, 6.45) is 6.63. The molecule has 3 heteroatoms. The molecule has 1 rings (SSSR count). The Morgan fingerprint density at radius 3 is 3.07 bits per heavy atom. The zero-order valence-corrected chi connectivity index (χ0v) is 10.6. The molecule has 90 valence electrons. The highest BCUT2D eigenvalue weighted by Gasteiger charge is 2.14. The second-order valence-electron chi connectivity index (χ2n) is 4.56. The second-order valence-corrected chi connectivity index (χ2v) is 4.94. The summed E-state index contributed by atoms with van der Waals surface area (Å²) >= 11 is 5.68. The van der Waals surface area contributed by atoms with E-state index in [1.807, 2.05) is 0 Å². The van der Waals surface area contributed by atoms with Gasteiger partial charge in [-0.25, -0.2) is 0 Å². The van der Waals surface area contributed by atoms with Crippen molar-refractivity contribution in [3.05, 3.63) is 0 Å². The second kappa shape index (κ2) is 8.37. The lowest BCUT2D eigenvalue weighted by atomic mass is 10.1. The minimum Gasteiger partial charge on any atom is -0.378 e. The van der Waals surface area contributed by atoms with E-state index in [-0.39, 0.29) is 0 Å². The van der Waals surface area contributed by atoms with Gasteiger partial charge in [0.25, 0.3) is 0 Å². The highest BCUT2D eigenvalue weighted by atomic mass is 35.5. The van der Waals surface area contributed by atoms with Gasteiger partial charge in [0, 0.05) is 12.5 Å². The summed E-state index contributed by atoms with van der Waals surface area (Å²) in [5, 5.41) is 3.48. The summed E-state index contributed by atoms with van der Waals surface area (Å²) in [5.41, 5.74) is 0. The van der Waals surface area contributed by atoms with Gasteiger partial charge in [-0.15, -0.1) is 11.6 Å². The third-order valence-electron chi connectivity index (χ3n) is 3.00. The molecular weight excluding hydrogens is 210 g/mol. The van der Waals surface area contributed by atoms with Gasteiger partial charge in [0.2, 0.25) is 0 Å². The fourth-order valence-electron chi connectivity index (χ4n) is 1.96. The van der Waals surface area contributed by atoms with Gasteiger partial charge in [-0.3, -0.25) is 0 Å². The third kappa shape index (κ3) is 6.39. The molecule has 0 aliphatic carbocycles. The molecule has 0 bridgehead atoms. The molecule has 0 amide bonds. The van der Waals surface area contributed by atoms with Gasteiger partial charge in [0.05, 0.1) is 6.10 Å². The molecule has 1 aliphatic rings. The highest BCUT2D eigenvalue weighted by molar-refractivity contribution is 6.17. The predicted molar refractivity (Wildman–Crippen MR) is 65.6 cm³/mol. The molecule has 2 nitrogen and oxygen atoms in total. The topological polar surface area (TPSA) is 21.3 Å². The number of hydrogen-bond acceptors (Lipinski definition) is 2. The average molecular weight is 234 g/mol. The molecular formula is C12H24ClNO. The maximum Gasteiger partial charge on any atom is 0.0576 e. The zero-order chi connectivity index (χ0) is 10.9. The Morgan fingerprint density at radius 2 is 2.40 bits per heavy atom. The van der Waals surface area contributed by atoms with Crippen molar-refractivity contribution >= 4 is 11.6 Å². The van der Waals surface area contributed by atoms with Crippen LogP contribution in [-0.4, -0.2) is 31.7 Å². The van der Waals surface area contributed by atoms with E-state index in [2.05, 4.69) is 12.2 Å². The van der Waals surface area contributed by atoms with E-state index < -0.39 is 0 Å². The lowest BCUT2D eigenvalue weighted by Crippen LogP contribution is -2.23. The molecule has 1 N–H and O–H groups in total. The molecule has 1 heterocycles. The van der Waals surface area contributed by atoms with Crippen LogP contribution in [0.3, 0.4) is 0 Å². The van der Waals surface area contributed by atoms with E-state index >= 15 is 0 Å². The van der Waals surface area contributed by atoms with E-state index in [1.165, 1.54) is 25.7 Å². The van der Waals surface area contributed by atoms with E-state index in [1.54, 1.807) is 0 Å². The average Bonchev–Trinajstić information content (AvgIpc) is 2.70. The largest absolute Gasteiger partial charge is 0.378 e. The summed E-state index contributed by atoms with van der Waals surface area (Å²) in [4.78, 5) is 0. The molecule has 0 aromatic rings. The SMILES string of the molecule is CC(CCCl)CNCCCC1CCCO1. The predicted octanol–water partition coefficient (Wildman–Crippen LogP) is 2.80. The van der Waals surface area contributed by atoms with Crippen molar-refractivity contribution in [3.8, 4) is 0 Å². The number of hydrogen-bond donors (Lipinski definition) is 1. The minimum absolute atomic E-state index is 0.548. The molecule has 2 atom stereocenters. The van der Waals surface area contributed by atoms with Crippen molar-refractivity contribution in [2.45, 2.75) is 45.1 Å². The first-order valence-electron chi connectivity index (χ1n) is 6.21.